The number of hydrogen-bond donors (Lipinski definition) is 3. The van der Waals surface area contributed by atoms with E-state index in [9.17, 15) is 4.79 Å². The van der Waals surface area contributed by atoms with Crippen molar-refractivity contribution in [2.45, 2.75) is 38.4 Å². The van der Waals surface area contributed by atoms with Gasteiger partial charge in [-0.15, -0.1) is 0 Å². The van der Waals surface area contributed by atoms with Crippen molar-refractivity contribution in [2.24, 2.45) is 0 Å². The molecule has 31 heavy (non-hydrogen) atoms. The van der Waals surface area contributed by atoms with Crippen LogP contribution in [0.2, 0.25) is 0 Å². The van der Waals surface area contributed by atoms with E-state index in [2.05, 4.69) is 70.1 Å². The molecule has 5 rings (SSSR count). The second kappa shape index (κ2) is 8.61. The quantitative estimate of drug-likeness (QED) is 0.710. The van der Waals surface area contributed by atoms with Crippen LogP contribution in [-0.4, -0.2) is 67.6 Å². The highest BCUT2D eigenvalue weighted by atomic mass is 16.2. The van der Waals surface area contributed by atoms with Gasteiger partial charge in [0.1, 0.15) is 6.04 Å². The van der Waals surface area contributed by atoms with Gasteiger partial charge in [-0.1, -0.05) is 24.3 Å². The first-order valence-electron chi connectivity index (χ1n) is 11.5. The van der Waals surface area contributed by atoms with E-state index in [4.69, 9.17) is 0 Å². The molecule has 0 aromatic heterocycles. The number of carbonyl (C=O) groups excluding carboxylic acids is 1. The van der Waals surface area contributed by atoms with Gasteiger partial charge in [0.2, 0.25) is 5.91 Å². The molecule has 2 aromatic rings. The molecule has 3 aliphatic rings. The highest BCUT2D eigenvalue weighted by Crippen LogP contribution is 2.30. The third kappa shape index (κ3) is 4.47. The highest BCUT2D eigenvalue weighted by Gasteiger charge is 2.28. The fourth-order valence-corrected chi connectivity index (χ4v) is 5.07. The van der Waals surface area contributed by atoms with Gasteiger partial charge >= 0.3 is 0 Å². The number of nitrogens with one attached hydrogen (secondary N) is 3. The van der Waals surface area contributed by atoms with Gasteiger partial charge in [0.15, 0.2) is 0 Å². The molecule has 6 heteroatoms. The first-order chi connectivity index (χ1) is 15.0. The summed E-state index contributed by atoms with van der Waals surface area (Å²) in [5.41, 5.74) is 7.14. The van der Waals surface area contributed by atoms with Crippen molar-refractivity contribution in [2.75, 3.05) is 50.4 Å². The van der Waals surface area contributed by atoms with E-state index in [0.717, 1.165) is 63.5 Å². The van der Waals surface area contributed by atoms with E-state index < -0.39 is 0 Å². The molecular weight excluding hydrogens is 386 g/mol. The maximum atomic E-state index is 12.9. The summed E-state index contributed by atoms with van der Waals surface area (Å²) in [6.07, 6.45) is 1.75. The van der Waals surface area contributed by atoms with Crippen molar-refractivity contribution in [1.29, 1.82) is 0 Å². The number of rotatable bonds is 4. The Hall–Kier alpha value is -2.41. The van der Waals surface area contributed by atoms with Crippen LogP contribution in [0.15, 0.2) is 36.4 Å². The van der Waals surface area contributed by atoms with Crippen LogP contribution in [0, 0.1) is 6.92 Å². The topological polar surface area (TPSA) is 59.6 Å². The van der Waals surface area contributed by atoms with Crippen molar-refractivity contribution in [3.8, 4) is 0 Å². The normalized spacial score (nSPS) is 23.7. The van der Waals surface area contributed by atoms with Crippen LogP contribution < -0.4 is 16.0 Å². The lowest BCUT2D eigenvalue weighted by atomic mass is 9.94. The second-order valence-electron chi connectivity index (χ2n) is 9.37. The number of benzene rings is 2. The predicted molar refractivity (Wildman–Crippen MR) is 126 cm³/mol. The molecule has 1 amide bonds. The van der Waals surface area contributed by atoms with Gasteiger partial charge < -0.3 is 20.9 Å². The van der Waals surface area contributed by atoms with Crippen LogP contribution in [0.4, 0.5) is 11.4 Å². The third-order valence-electron chi connectivity index (χ3n) is 7.01. The van der Waals surface area contributed by atoms with E-state index in [-0.39, 0.29) is 11.9 Å². The van der Waals surface area contributed by atoms with Crippen molar-refractivity contribution in [1.82, 2.24) is 15.1 Å². The zero-order chi connectivity index (χ0) is 21.4. The number of likely N-dealkylation sites (N-methyl/N-ethyl adjacent to an activating group) is 1. The van der Waals surface area contributed by atoms with E-state index in [1.54, 1.807) is 0 Å². The molecule has 2 atom stereocenters. The number of carbonyl (C=O) groups is 1. The SMILES string of the molecule is Cc1cccc2c1NC(C(=O)Nc1ccc3c(c1)CC(CN1CCN(C)CC1)NC3)C2. The lowest BCUT2D eigenvalue weighted by Crippen LogP contribution is -2.51. The number of anilines is 2. The average molecular weight is 420 g/mol. The van der Waals surface area contributed by atoms with Gasteiger partial charge in [0.25, 0.3) is 0 Å². The van der Waals surface area contributed by atoms with E-state index in [1.807, 2.05) is 6.07 Å². The molecular formula is C25H33N5O. The molecule has 3 N–H and O–H groups in total. The van der Waals surface area contributed by atoms with Gasteiger partial charge in [-0.05, 0) is 54.8 Å². The van der Waals surface area contributed by atoms with Crippen molar-refractivity contribution < 1.29 is 4.79 Å². The van der Waals surface area contributed by atoms with E-state index >= 15 is 0 Å². The molecule has 2 aromatic carbocycles. The number of hydrogen-bond acceptors (Lipinski definition) is 5. The fraction of sp³-hybridized carbons (Fsp3) is 0.480. The Morgan fingerprint density at radius 3 is 2.71 bits per heavy atom. The van der Waals surface area contributed by atoms with Crippen LogP contribution in [0.3, 0.4) is 0 Å². The molecule has 0 saturated carbocycles. The van der Waals surface area contributed by atoms with Crippen LogP contribution in [0.1, 0.15) is 22.3 Å². The Morgan fingerprint density at radius 2 is 1.90 bits per heavy atom. The molecule has 0 spiro atoms. The molecule has 3 heterocycles. The summed E-state index contributed by atoms with van der Waals surface area (Å²) in [7, 11) is 2.20. The first-order valence-corrected chi connectivity index (χ1v) is 11.5. The highest BCUT2D eigenvalue weighted by molar-refractivity contribution is 5.98. The van der Waals surface area contributed by atoms with Gasteiger partial charge in [0.05, 0.1) is 0 Å². The van der Waals surface area contributed by atoms with Gasteiger partial charge in [0, 0.05) is 63.1 Å². The standard InChI is InChI=1S/C25H33N5O/c1-17-4-3-5-18-14-23(28-24(17)18)25(31)27-21-7-6-19-15-26-22(13-20(19)12-21)16-30-10-8-29(2)9-11-30/h3-7,12,22-23,26,28H,8-11,13-16H2,1-2H3,(H,27,31). The average Bonchev–Trinajstić information content (AvgIpc) is 3.21. The summed E-state index contributed by atoms with van der Waals surface area (Å²) in [6.45, 7) is 8.67. The number of aryl methyl sites for hydroxylation is 1. The van der Waals surface area contributed by atoms with E-state index in [1.165, 1.54) is 22.3 Å². The Morgan fingerprint density at radius 1 is 1.06 bits per heavy atom. The van der Waals surface area contributed by atoms with Gasteiger partial charge in [-0.25, -0.2) is 0 Å². The Balaban J connectivity index is 1.21. The minimum absolute atomic E-state index is 0.0403. The molecule has 164 valence electrons. The summed E-state index contributed by atoms with van der Waals surface area (Å²) in [5.74, 6) is 0.0403. The third-order valence-corrected chi connectivity index (χ3v) is 7.01. The van der Waals surface area contributed by atoms with Crippen molar-refractivity contribution >= 4 is 17.3 Å². The Kier molecular flexibility index (Phi) is 5.69. The smallest absolute Gasteiger partial charge is 0.247 e. The largest absolute Gasteiger partial charge is 0.373 e. The zero-order valence-corrected chi connectivity index (χ0v) is 18.6. The van der Waals surface area contributed by atoms with Gasteiger partial charge in [-0.2, -0.15) is 0 Å². The minimum atomic E-state index is -0.209. The van der Waals surface area contributed by atoms with Crippen LogP contribution >= 0.6 is 0 Å². The maximum absolute atomic E-state index is 12.9. The number of piperazine rings is 1. The minimum Gasteiger partial charge on any atom is -0.373 e. The molecule has 2 unspecified atom stereocenters. The number of nitrogens with zero attached hydrogens (tertiary/aromatic N) is 2. The molecule has 1 saturated heterocycles. The van der Waals surface area contributed by atoms with Crippen LogP contribution in [-0.2, 0) is 24.2 Å². The molecule has 0 radical (unpaired) electrons. The first kappa shape index (κ1) is 20.5. The summed E-state index contributed by atoms with van der Waals surface area (Å²) in [4.78, 5) is 17.9. The number of para-hydroxylation sites is 1. The molecule has 6 nitrogen and oxygen atoms in total. The Labute approximate surface area is 185 Å². The van der Waals surface area contributed by atoms with E-state index in [0.29, 0.717) is 6.04 Å². The summed E-state index contributed by atoms with van der Waals surface area (Å²) in [6, 6.07) is 12.9. The second-order valence-corrected chi connectivity index (χ2v) is 9.37. The molecule has 0 bridgehead atoms. The number of amides is 1. The summed E-state index contributed by atoms with van der Waals surface area (Å²) >= 11 is 0. The Bertz CT molecular complexity index is 966. The zero-order valence-electron chi connectivity index (χ0n) is 18.6. The maximum Gasteiger partial charge on any atom is 0.247 e. The summed E-state index contributed by atoms with van der Waals surface area (Å²) < 4.78 is 0. The molecule has 3 aliphatic heterocycles. The van der Waals surface area contributed by atoms with Crippen LogP contribution in [0.5, 0.6) is 0 Å². The van der Waals surface area contributed by atoms with Crippen molar-refractivity contribution in [3.05, 3.63) is 58.7 Å². The molecule has 1 fully saturated rings. The lowest BCUT2D eigenvalue weighted by Gasteiger charge is -2.36. The lowest BCUT2D eigenvalue weighted by molar-refractivity contribution is -0.116. The van der Waals surface area contributed by atoms with Crippen molar-refractivity contribution in [3.63, 3.8) is 0 Å². The fourth-order valence-electron chi connectivity index (χ4n) is 5.07. The molecule has 0 aliphatic carbocycles. The van der Waals surface area contributed by atoms with Gasteiger partial charge in [-0.3, -0.25) is 9.69 Å². The monoisotopic (exact) mass is 419 g/mol. The summed E-state index contributed by atoms with van der Waals surface area (Å²) in [5, 5.41) is 10.3. The van der Waals surface area contributed by atoms with Crippen LogP contribution in [0.25, 0.3) is 0 Å². The predicted octanol–water partition coefficient (Wildman–Crippen LogP) is 2.23. The number of fused-ring (bicyclic) bond motifs is 2.